The van der Waals surface area contributed by atoms with Crippen molar-refractivity contribution in [3.05, 3.63) is 17.3 Å². The minimum Gasteiger partial charge on any atom is -0.475 e. The van der Waals surface area contributed by atoms with Gasteiger partial charge in [-0.15, -0.1) is 0 Å². The zero-order chi connectivity index (χ0) is 10.8. The molecule has 0 aliphatic heterocycles. The molecule has 0 atom stereocenters. The summed E-state index contributed by atoms with van der Waals surface area (Å²) >= 11 is 0. The average molecular weight is 211 g/mol. The monoisotopic (exact) mass is 211 g/mol. The van der Waals surface area contributed by atoms with Crippen LogP contribution in [0.2, 0.25) is 0 Å². The van der Waals surface area contributed by atoms with Crippen molar-refractivity contribution in [3.63, 3.8) is 0 Å². The van der Waals surface area contributed by atoms with Gasteiger partial charge in [0.15, 0.2) is 0 Å². The van der Waals surface area contributed by atoms with E-state index in [0.717, 1.165) is 12.8 Å². The van der Waals surface area contributed by atoms with E-state index in [0.29, 0.717) is 18.2 Å². The summed E-state index contributed by atoms with van der Waals surface area (Å²) in [5, 5.41) is 8.91. The van der Waals surface area contributed by atoms with Crippen molar-refractivity contribution in [2.75, 3.05) is 6.61 Å². The summed E-state index contributed by atoms with van der Waals surface area (Å²) in [4.78, 5) is 15.0. The van der Waals surface area contributed by atoms with Crippen LogP contribution in [0.5, 0.6) is 0 Å². The van der Waals surface area contributed by atoms with E-state index in [9.17, 15) is 4.79 Å². The summed E-state index contributed by atoms with van der Waals surface area (Å²) in [5.41, 5.74) is 0.581. The summed E-state index contributed by atoms with van der Waals surface area (Å²) in [7, 11) is 0. The number of carbonyl (C=O) groups is 1. The Labute approximate surface area is 87.1 Å². The topological polar surface area (TPSA) is 72.6 Å². The van der Waals surface area contributed by atoms with E-state index >= 15 is 0 Å². The van der Waals surface area contributed by atoms with Crippen molar-refractivity contribution in [1.82, 2.24) is 4.98 Å². The van der Waals surface area contributed by atoms with Crippen LogP contribution in [0.15, 0.2) is 4.42 Å². The zero-order valence-electron chi connectivity index (χ0n) is 8.52. The van der Waals surface area contributed by atoms with E-state index in [1.165, 1.54) is 0 Å². The normalized spacial score (nSPS) is 15.5. The van der Waals surface area contributed by atoms with Gasteiger partial charge >= 0.3 is 5.97 Å². The Morgan fingerprint density at radius 3 is 2.93 bits per heavy atom. The maximum absolute atomic E-state index is 10.9. The van der Waals surface area contributed by atoms with E-state index in [-0.39, 0.29) is 18.3 Å². The molecule has 1 aliphatic rings. The van der Waals surface area contributed by atoms with E-state index in [1.807, 2.05) is 6.92 Å². The maximum atomic E-state index is 10.9. The van der Waals surface area contributed by atoms with Crippen LogP contribution in [0.1, 0.15) is 47.8 Å². The molecule has 0 unspecified atom stereocenters. The quantitative estimate of drug-likeness (QED) is 0.803. The van der Waals surface area contributed by atoms with Crippen LogP contribution in [0.4, 0.5) is 0 Å². The molecule has 5 heteroatoms. The van der Waals surface area contributed by atoms with Gasteiger partial charge in [-0.05, 0) is 19.8 Å². The molecule has 2 rings (SSSR count). The second-order valence-corrected chi connectivity index (χ2v) is 3.54. The lowest BCUT2D eigenvalue weighted by Crippen LogP contribution is -1.98. The fraction of sp³-hybridized carbons (Fsp3) is 0.600. The van der Waals surface area contributed by atoms with E-state index in [4.69, 9.17) is 14.3 Å². The number of aromatic nitrogens is 1. The van der Waals surface area contributed by atoms with Crippen molar-refractivity contribution in [2.45, 2.75) is 32.3 Å². The summed E-state index contributed by atoms with van der Waals surface area (Å²) in [6.07, 6.45) is 2.00. The second-order valence-electron chi connectivity index (χ2n) is 3.54. The fourth-order valence-electron chi connectivity index (χ4n) is 1.42. The number of carboxylic acid groups (broad SMARTS) is 1. The lowest BCUT2D eigenvalue weighted by atomic mass is 10.2. The molecular formula is C10H13NO4. The molecule has 1 aliphatic carbocycles. The van der Waals surface area contributed by atoms with Gasteiger partial charge in [-0.25, -0.2) is 9.78 Å². The minimum absolute atomic E-state index is 0.0211. The molecule has 0 aromatic carbocycles. The van der Waals surface area contributed by atoms with Gasteiger partial charge in [-0.1, -0.05) is 0 Å². The highest BCUT2D eigenvalue weighted by Gasteiger charge is 2.33. The zero-order valence-corrected chi connectivity index (χ0v) is 8.52. The number of hydrogen-bond acceptors (Lipinski definition) is 4. The van der Waals surface area contributed by atoms with Crippen LogP contribution >= 0.6 is 0 Å². The molecule has 0 bridgehead atoms. The number of ether oxygens (including phenoxy) is 1. The Bertz CT molecular complexity index is 367. The number of oxazole rings is 1. The van der Waals surface area contributed by atoms with Gasteiger partial charge in [0.2, 0.25) is 11.7 Å². The standard InChI is InChI=1S/C10H13NO4/c1-2-14-5-7-11-8(6-3-4-6)9(15-7)10(12)13/h6H,2-5H2,1H3,(H,12,13). The van der Waals surface area contributed by atoms with E-state index in [2.05, 4.69) is 4.98 Å². The van der Waals surface area contributed by atoms with Crippen LogP contribution < -0.4 is 0 Å². The number of hydrogen-bond donors (Lipinski definition) is 1. The summed E-state index contributed by atoms with van der Waals surface area (Å²) in [6, 6.07) is 0. The molecule has 1 saturated carbocycles. The molecule has 0 spiro atoms. The maximum Gasteiger partial charge on any atom is 0.373 e. The van der Waals surface area contributed by atoms with Crippen molar-refractivity contribution in [3.8, 4) is 0 Å². The lowest BCUT2D eigenvalue weighted by molar-refractivity contribution is 0.0647. The smallest absolute Gasteiger partial charge is 0.373 e. The van der Waals surface area contributed by atoms with Crippen LogP contribution in [0.25, 0.3) is 0 Å². The molecule has 0 saturated heterocycles. The third kappa shape index (κ3) is 2.18. The minimum atomic E-state index is -1.05. The first-order valence-electron chi connectivity index (χ1n) is 5.03. The van der Waals surface area contributed by atoms with Gasteiger partial charge in [0.1, 0.15) is 6.61 Å². The second kappa shape index (κ2) is 4.02. The van der Waals surface area contributed by atoms with Crippen LogP contribution in [-0.2, 0) is 11.3 Å². The Morgan fingerprint density at radius 1 is 1.67 bits per heavy atom. The van der Waals surface area contributed by atoms with Gasteiger partial charge in [0.25, 0.3) is 0 Å². The number of nitrogens with zero attached hydrogens (tertiary/aromatic N) is 1. The van der Waals surface area contributed by atoms with Gasteiger partial charge in [0.05, 0.1) is 5.69 Å². The van der Waals surface area contributed by atoms with Crippen LogP contribution in [0, 0.1) is 0 Å². The first-order chi connectivity index (χ1) is 7.22. The predicted molar refractivity (Wildman–Crippen MR) is 50.8 cm³/mol. The third-order valence-corrected chi connectivity index (χ3v) is 2.29. The van der Waals surface area contributed by atoms with Gasteiger partial charge in [-0.2, -0.15) is 0 Å². The molecule has 1 aromatic rings. The first kappa shape index (κ1) is 10.2. The molecule has 15 heavy (non-hydrogen) atoms. The fourth-order valence-corrected chi connectivity index (χ4v) is 1.42. The SMILES string of the molecule is CCOCc1nc(C2CC2)c(C(=O)O)o1. The molecule has 5 nitrogen and oxygen atoms in total. The lowest BCUT2D eigenvalue weighted by Gasteiger charge is -1.93. The van der Waals surface area contributed by atoms with Crippen molar-refractivity contribution < 1.29 is 19.1 Å². The summed E-state index contributed by atoms with van der Waals surface area (Å²) in [6.45, 7) is 2.66. The highest BCUT2D eigenvalue weighted by molar-refractivity contribution is 5.85. The Balaban J connectivity index is 2.19. The largest absolute Gasteiger partial charge is 0.475 e. The van der Waals surface area contributed by atoms with E-state index < -0.39 is 5.97 Å². The summed E-state index contributed by atoms with van der Waals surface area (Å²) < 4.78 is 10.3. The number of rotatable bonds is 5. The van der Waals surface area contributed by atoms with E-state index in [1.54, 1.807) is 0 Å². The molecule has 1 N–H and O–H groups in total. The molecule has 1 heterocycles. The first-order valence-corrected chi connectivity index (χ1v) is 5.03. The van der Waals surface area contributed by atoms with Crippen molar-refractivity contribution in [1.29, 1.82) is 0 Å². The Morgan fingerprint density at radius 2 is 2.40 bits per heavy atom. The van der Waals surface area contributed by atoms with Crippen LogP contribution in [0.3, 0.4) is 0 Å². The summed E-state index contributed by atoms with van der Waals surface area (Å²) in [5.74, 6) is -0.439. The Hall–Kier alpha value is -1.36. The molecule has 82 valence electrons. The molecular weight excluding hydrogens is 198 g/mol. The molecule has 1 fully saturated rings. The number of carboxylic acids is 1. The third-order valence-electron chi connectivity index (χ3n) is 2.29. The Kier molecular flexibility index (Phi) is 2.73. The van der Waals surface area contributed by atoms with Crippen LogP contribution in [-0.4, -0.2) is 22.7 Å². The molecule has 0 radical (unpaired) electrons. The van der Waals surface area contributed by atoms with Gasteiger partial charge in [0, 0.05) is 12.5 Å². The average Bonchev–Trinajstić information content (AvgIpc) is 2.95. The molecule has 1 aromatic heterocycles. The highest BCUT2D eigenvalue weighted by atomic mass is 16.5. The number of aromatic carboxylic acids is 1. The molecule has 0 amide bonds. The predicted octanol–water partition coefficient (Wildman–Crippen LogP) is 1.79. The van der Waals surface area contributed by atoms with Gasteiger partial charge < -0.3 is 14.3 Å². The van der Waals surface area contributed by atoms with Crippen molar-refractivity contribution in [2.24, 2.45) is 0 Å². The van der Waals surface area contributed by atoms with Gasteiger partial charge in [-0.3, -0.25) is 0 Å². The highest BCUT2D eigenvalue weighted by Crippen LogP contribution is 2.41. The van der Waals surface area contributed by atoms with Crippen molar-refractivity contribution >= 4 is 5.97 Å².